The molecule has 11 nitrogen and oxygen atoms in total. The zero-order chi connectivity index (χ0) is 34.4. The maximum Gasteiger partial charge on any atom is 0.223 e. The van der Waals surface area contributed by atoms with Gasteiger partial charge in [0.2, 0.25) is 11.7 Å². The van der Waals surface area contributed by atoms with Crippen molar-refractivity contribution < 1.29 is 44.8 Å². The van der Waals surface area contributed by atoms with Crippen molar-refractivity contribution in [3.63, 3.8) is 0 Å². The molecule has 1 amide bonds. The predicted molar refractivity (Wildman–Crippen MR) is 177 cm³/mol. The molecule has 3 aromatic rings. The number of pyridine rings is 1. The smallest absolute Gasteiger partial charge is 0.223 e. The van der Waals surface area contributed by atoms with Gasteiger partial charge in [-0.3, -0.25) is 14.4 Å². The number of carbonyl (C=O) groups is 3. The number of rotatable bonds is 9. The fourth-order valence-electron chi connectivity index (χ4n) is 5.14. The lowest BCUT2D eigenvalue weighted by molar-refractivity contribution is -0.830. The van der Waals surface area contributed by atoms with Crippen LogP contribution in [0.25, 0.3) is 0 Å². The fraction of sp³-hybridized carbons (Fsp3) is 0.273. The number of terminal acetylenes is 2. The second kappa shape index (κ2) is 18.5. The van der Waals surface area contributed by atoms with Gasteiger partial charge in [0.1, 0.15) is 22.3 Å². The minimum Gasteiger partial charge on any atom is -0.507 e. The number of phenolic OH excluding ortho intramolecular Hbond substituents is 2. The van der Waals surface area contributed by atoms with E-state index in [9.17, 15) is 24.6 Å². The van der Waals surface area contributed by atoms with Gasteiger partial charge in [0.25, 0.3) is 0 Å². The van der Waals surface area contributed by atoms with E-state index >= 15 is 0 Å². The zero-order valence-corrected chi connectivity index (χ0v) is 27.2. The molecule has 0 saturated carbocycles. The fourth-order valence-corrected chi connectivity index (χ4v) is 6.91. The quantitative estimate of drug-likeness (QED) is 0.0585. The number of ketones is 2. The van der Waals surface area contributed by atoms with Crippen LogP contribution in [-0.4, -0.2) is 71.4 Å². The molecule has 1 atom stereocenters. The summed E-state index contributed by atoms with van der Waals surface area (Å²) >= 11 is 0. The van der Waals surface area contributed by atoms with E-state index in [1.165, 1.54) is 24.0 Å². The van der Waals surface area contributed by atoms with Gasteiger partial charge in [0, 0.05) is 48.1 Å². The molecule has 0 saturated heterocycles. The third-order valence-electron chi connectivity index (χ3n) is 7.04. The molecular formula is C33H36N3O8S2+. The Hall–Kier alpha value is -4.50. The van der Waals surface area contributed by atoms with Crippen molar-refractivity contribution in [2.24, 2.45) is 5.92 Å². The van der Waals surface area contributed by atoms with E-state index in [4.69, 9.17) is 14.7 Å². The highest BCUT2D eigenvalue weighted by Crippen LogP contribution is 2.47. The summed E-state index contributed by atoms with van der Waals surface area (Å²) in [6.07, 6.45) is 18.6. The first-order chi connectivity index (χ1) is 22.3. The maximum atomic E-state index is 13.4. The van der Waals surface area contributed by atoms with Crippen LogP contribution in [0.3, 0.4) is 0 Å². The Morgan fingerprint density at radius 1 is 1.00 bits per heavy atom. The van der Waals surface area contributed by atoms with E-state index in [0.29, 0.717) is 29.8 Å². The average Bonchev–Trinajstić information content (AvgIpc) is 3.11. The van der Waals surface area contributed by atoms with Crippen molar-refractivity contribution in [1.82, 2.24) is 10.3 Å². The summed E-state index contributed by atoms with van der Waals surface area (Å²) in [5, 5.41) is 33.1. The second-order valence-electron chi connectivity index (χ2n) is 9.36. The number of aromatic nitrogens is 1. The van der Waals surface area contributed by atoms with Crippen LogP contribution >= 0.6 is 21.6 Å². The number of phenols is 2. The van der Waals surface area contributed by atoms with E-state index in [0.717, 1.165) is 17.8 Å². The molecule has 46 heavy (non-hydrogen) atoms. The summed E-state index contributed by atoms with van der Waals surface area (Å²) in [5.41, 5.74) is 2.95. The number of nitrogens with zero attached hydrogens (tertiary/aromatic N) is 1. The minimum atomic E-state index is -0.577. The number of amides is 1. The first-order valence-corrected chi connectivity index (χ1v) is 16.0. The van der Waals surface area contributed by atoms with Crippen molar-refractivity contribution in [3.8, 4) is 42.9 Å². The van der Waals surface area contributed by atoms with Gasteiger partial charge in [-0.15, -0.1) is 25.7 Å². The second-order valence-corrected chi connectivity index (χ2v) is 11.8. The number of hydrogen-bond acceptors (Lipinski definition) is 11. The molecular weight excluding hydrogens is 631 g/mol. The van der Waals surface area contributed by atoms with Gasteiger partial charge in [0.05, 0.1) is 37.1 Å². The van der Waals surface area contributed by atoms with Crippen molar-refractivity contribution in [3.05, 3.63) is 69.9 Å². The topological polar surface area (TPSA) is 172 Å². The average molecular weight is 667 g/mol. The molecule has 5 rings (SSSR count). The lowest BCUT2D eigenvalue weighted by Gasteiger charge is -2.29. The van der Waals surface area contributed by atoms with E-state index in [-0.39, 0.29) is 58.3 Å². The molecule has 2 aliphatic rings. The lowest BCUT2D eigenvalue weighted by Crippen LogP contribution is -2.75. The molecule has 0 spiro atoms. The van der Waals surface area contributed by atoms with Crippen LogP contribution < -0.4 is 15.5 Å². The molecule has 1 aromatic heterocycles. The third kappa shape index (κ3) is 8.01. The van der Waals surface area contributed by atoms with Crippen molar-refractivity contribution >= 4 is 44.7 Å². The number of benzene rings is 2. The summed E-state index contributed by atoms with van der Waals surface area (Å²) < 4.78 is 5.28. The molecule has 1 heterocycles. The van der Waals surface area contributed by atoms with Crippen molar-refractivity contribution in [2.45, 2.75) is 24.3 Å². The standard InChI is InChI=1S/C28H27N3O7S2.2C2H2.CH4O/c1-37-19-5-3-4-17-21(19)27(35)23-22(25(17)33)26(34)18-12-14(6-8-16(18)24(23)32)28(36)29-10-11-39-40-20-9-7-15(13-30-20)31-38-2;3*1-2/h3-5,7,9,13-14,31-32,34H,6,8,10-12H2,1-2H3,(H,29,36);2*1-2H;2H,1H3/p+1/t14-;;;/m0.../s1. The van der Waals surface area contributed by atoms with Crippen molar-refractivity contribution in [2.75, 3.05) is 33.6 Å². The highest BCUT2D eigenvalue weighted by atomic mass is 33.1. The molecule has 0 unspecified atom stereocenters. The van der Waals surface area contributed by atoms with E-state index in [1.54, 1.807) is 41.7 Å². The SMILES string of the molecule is C#C.C#C.CO.CO[NH2+]c1ccc(SSCCNC(=O)[C@H]2CCc3c(O)c4c(c(O)c3C2)C(=O)c2cccc(OC)c2C4=O)nc1. The summed E-state index contributed by atoms with van der Waals surface area (Å²) in [6, 6.07) is 8.46. The Kier molecular flexibility index (Phi) is 15.1. The van der Waals surface area contributed by atoms with Gasteiger partial charge in [0.15, 0.2) is 11.5 Å². The van der Waals surface area contributed by atoms with Crippen LogP contribution in [0.2, 0.25) is 0 Å². The number of carbonyl (C=O) groups excluding carboxylic acids is 3. The molecule has 0 aliphatic heterocycles. The Morgan fingerprint density at radius 2 is 1.67 bits per heavy atom. The Balaban J connectivity index is 0.00000116. The Bertz CT molecular complexity index is 1580. The number of ether oxygens (including phenoxy) is 1. The Labute approximate surface area is 275 Å². The summed E-state index contributed by atoms with van der Waals surface area (Å²) in [7, 11) is 7.06. The van der Waals surface area contributed by atoms with E-state index in [2.05, 4.69) is 36.0 Å². The normalized spacial score (nSPS) is 13.9. The number of nitrogens with two attached hydrogens (primary N) is 1. The first kappa shape index (κ1) is 37.7. The molecule has 0 fully saturated rings. The number of quaternary nitrogens is 1. The minimum absolute atomic E-state index is 0.0682. The number of aliphatic hydroxyl groups is 1. The van der Waals surface area contributed by atoms with Crippen LogP contribution in [0.5, 0.6) is 17.2 Å². The van der Waals surface area contributed by atoms with Crippen molar-refractivity contribution in [1.29, 1.82) is 0 Å². The largest absolute Gasteiger partial charge is 0.507 e. The predicted octanol–water partition coefficient (Wildman–Crippen LogP) is 2.80. The number of methoxy groups -OCH3 is 1. The number of aromatic hydroxyl groups is 2. The van der Waals surface area contributed by atoms with Crippen LogP contribution in [0, 0.1) is 31.6 Å². The summed E-state index contributed by atoms with van der Waals surface area (Å²) in [4.78, 5) is 49.0. The van der Waals surface area contributed by atoms with Crippen LogP contribution in [0.15, 0.2) is 41.6 Å². The molecule has 13 heteroatoms. The third-order valence-corrected chi connectivity index (χ3v) is 9.30. The number of nitrogens with one attached hydrogen (secondary N) is 1. The van der Waals surface area contributed by atoms with E-state index in [1.807, 2.05) is 12.1 Å². The lowest BCUT2D eigenvalue weighted by atomic mass is 9.75. The van der Waals surface area contributed by atoms with Gasteiger partial charge in [-0.1, -0.05) is 22.9 Å². The molecule has 2 aromatic carbocycles. The molecule has 0 radical (unpaired) electrons. The molecule has 242 valence electrons. The van der Waals surface area contributed by atoms with Gasteiger partial charge >= 0.3 is 0 Å². The number of aliphatic hydroxyl groups excluding tert-OH is 1. The molecule has 6 N–H and O–H groups in total. The van der Waals surface area contributed by atoms with Crippen LogP contribution in [-0.2, 0) is 22.5 Å². The van der Waals surface area contributed by atoms with Gasteiger partial charge in [-0.05, 0) is 42.2 Å². The summed E-state index contributed by atoms with van der Waals surface area (Å²) in [6.45, 7) is 0.447. The van der Waals surface area contributed by atoms with Gasteiger partial charge < -0.3 is 25.4 Å². The summed E-state index contributed by atoms with van der Waals surface area (Å²) in [5.74, 6) is -1.53. The highest BCUT2D eigenvalue weighted by molar-refractivity contribution is 8.76. The maximum absolute atomic E-state index is 13.4. The highest BCUT2D eigenvalue weighted by Gasteiger charge is 2.41. The van der Waals surface area contributed by atoms with Crippen LogP contribution in [0.1, 0.15) is 49.4 Å². The molecule has 0 bridgehead atoms. The Morgan fingerprint density at radius 3 is 2.30 bits per heavy atom. The van der Waals surface area contributed by atoms with Crippen LogP contribution in [0.4, 0.5) is 5.69 Å². The zero-order valence-electron chi connectivity index (χ0n) is 25.6. The monoisotopic (exact) mass is 666 g/mol. The number of fused-ring (bicyclic) bond motifs is 3. The first-order valence-electron chi connectivity index (χ1n) is 13.7. The van der Waals surface area contributed by atoms with E-state index < -0.39 is 17.5 Å². The van der Waals surface area contributed by atoms with Gasteiger partial charge in [-0.2, -0.15) is 5.48 Å². The number of hydrogen-bond donors (Lipinski definition) is 5. The van der Waals surface area contributed by atoms with Gasteiger partial charge in [-0.25, -0.2) is 9.82 Å². The molecule has 2 aliphatic carbocycles.